The van der Waals surface area contributed by atoms with Gasteiger partial charge in [0.15, 0.2) is 11.8 Å². The molecular weight excluding hydrogens is 404 g/mol. The highest BCUT2D eigenvalue weighted by molar-refractivity contribution is 5.79. The number of aliphatic imine (C=N–C) groups is 1. The molecule has 1 aromatic carbocycles. The average Bonchev–Trinajstić information content (AvgIpc) is 3.22. The van der Waals surface area contributed by atoms with Gasteiger partial charge in [-0.1, -0.05) is 30.3 Å². The Hall–Kier alpha value is -2.49. The second kappa shape index (κ2) is 11.4. The van der Waals surface area contributed by atoms with Crippen LogP contribution in [-0.4, -0.2) is 90.0 Å². The van der Waals surface area contributed by atoms with Crippen molar-refractivity contribution in [3.63, 3.8) is 0 Å². The predicted octanol–water partition coefficient (Wildman–Crippen LogP) is 0.722. The van der Waals surface area contributed by atoms with Crippen molar-refractivity contribution < 1.29 is 4.74 Å². The van der Waals surface area contributed by atoms with Gasteiger partial charge in [0.05, 0.1) is 6.54 Å². The van der Waals surface area contributed by atoms with Crippen LogP contribution >= 0.6 is 0 Å². The molecule has 2 aliphatic rings. The SMILES string of the molecule is CN=C(NCCN1CCN(Cc2ccccc2)CC1)NC1CCc2nc(COC)nn2C1. The molecule has 1 atom stereocenters. The van der Waals surface area contributed by atoms with Gasteiger partial charge in [-0.15, -0.1) is 0 Å². The van der Waals surface area contributed by atoms with E-state index in [2.05, 4.69) is 65.8 Å². The van der Waals surface area contributed by atoms with Gasteiger partial charge in [-0.3, -0.25) is 14.8 Å². The second-order valence-corrected chi connectivity index (χ2v) is 8.54. The van der Waals surface area contributed by atoms with Crippen molar-refractivity contribution >= 4 is 5.96 Å². The summed E-state index contributed by atoms with van der Waals surface area (Å²) >= 11 is 0. The van der Waals surface area contributed by atoms with Gasteiger partial charge >= 0.3 is 0 Å². The zero-order valence-electron chi connectivity index (χ0n) is 19.3. The lowest BCUT2D eigenvalue weighted by Crippen LogP contribution is -2.50. The molecule has 0 saturated carbocycles. The van der Waals surface area contributed by atoms with Gasteiger partial charge in [-0.2, -0.15) is 5.10 Å². The Balaban J connectivity index is 1.15. The molecule has 1 saturated heterocycles. The van der Waals surface area contributed by atoms with E-state index in [1.165, 1.54) is 5.56 Å². The third-order valence-corrected chi connectivity index (χ3v) is 6.17. The minimum atomic E-state index is 0.298. The largest absolute Gasteiger partial charge is 0.377 e. The first-order valence-corrected chi connectivity index (χ1v) is 11.6. The molecule has 0 spiro atoms. The quantitative estimate of drug-likeness (QED) is 0.462. The van der Waals surface area contributed by atoms with Gasteiger partial charge in [-0.25, -0.2) is 9.67 Å². The molecular formula is C23H36N8O. The molecule has 1 aromatic heterocycles. The van der Waals surface area contributed by atoms with Crippen LogP contribution in [0.4, 0.5) is 0 Å². The van der Waals surface area contributed by atoms with E-state index >= 15 is 0 Å². The summed E-state index contributed by atoms with van der Waals surface area (Å²) in [5, 5.41) is 11.6. The Morgan fingerprint density at radius 3 is 2.69 bits per heavy atom. The van der Waals surface area contributed by atoms with E-state index in [1.54, 1.807) is 7.11 Å². The van der Waals surface area contributed by atoms with Gasteiger partial charge in [0.25, 0.3) is 0 Å². The molecule has 2 N–H and O–H groups in total. The lowest BCUT2D eigenvalue weighted by molar-refractivity contribution is 0.129. The number of benzene rings is 1. The highest BCUT2D eigenvalue weighted by Gasteiger charge is 2.22. The van der Waals surface area contributed by atoms with E-state index in [0.29, 0.717) is 12.6 Å². The minimum Gasteiger partial charge on any atom is -0.377 e. The molecule has 3 heterocycles. The van der Waals surface area contributed by atoms with Gasteiger partial charge < -0.3 is 15.4 Å². The maximum absolute atomic E-state index is 5.15. The van der Waals surface area contributed by atoms with Crippen LogP contribution in [0.3, 0.4) is 0 Å². The zero-order chi connectivity index (χ0) is 22.2. The van der Waals surface area contributed by atoms with Crippen LogP contribution in [0, 0.1) is 0 Å². The summed E-state index contributed by atoms with van der Waals surface area (Å²) in [5.74, 6) is 2.66. The number of fused-ring (bicyclic) bond motifs is 1. The van der Waals surface area contributed by atoms with Crippen LogP contribution in [0.1, 0.15) is 23.6 Å². The van der Waals surface area contributed by atoms with Gasteiger partial charge in [0.1, 0.15) is 12.4 Å². The van der Waals surface area contributed by atoms with Crippen molar-refractivity contribution in [2.45, 2.75) is 38.6 Å². The molecule has 2 aliphatic heterocycles. The normalized spacial score (nSPS) is 20.2. The standard InChI is InChI=1S/C23H36N8O/c1-24-23(26-20-8-9-22-27-21(18-32-2)28-31(22)17-20)25-10-11-29-12-14-30(15-13-29)16-19-6-4-3-5-7-19/h3-7,20H,8-18H2,1-2H3,(H2,24,25,26). The Morgan fingerprint density at radius 1 is 1.16 bits per heavy atom. The fraction of sp³-hybridized carbons (Fsp3) is 0.609. The highest BCUT2D eigenvalue weighted by atomic mass is 16.5. The summed E-state index contributed by atoms with van der Waals surface area (Å²) in [6.07, 6.45) is 1.94. The number of nitrogens with zero attached hydrogens (tertiary/aromatic N) is 6. The molecule has 1 fully saturated rings. The molecule has 2 aromatic rings. The smallest absolute Gasteiger partial charge is 0.191 e. The van der Waals surface area contributed by atoms with Crippen LogP contribution in [0.5, 0.6) is 0 Å². The maximum atomic E-state index is 5.15. The van der Waals surface area contributed by atoms with Crippen molar-refractivity contribution in [2.24, 2.45) is 4.99 Å². The Bertz CT molecular complexity index is 860. The Kier molecular flexibility index (Phi) is 8.08. The van der Waals surface area contributed by atoms with E-state index in [1.807, 2.05) is 11.7 Å². The fourth-order valence-corrected chi connectivity index (χ4v) is 4.40. The van der Waals surface area contributed by atoms with E-state index < -0.39 is 0 Å². The van der Waals surface area contributed by atoms with Crippen molar-refractivity contribution in [1.82, 2.24) is 35.2 Å². The number of hydrogen-bond donors (Lipinski definition) is 2. The number of guanidine groups is 1. The minimum absolute atomic E-state index is 0.298. The van der Waals surface area contributed by atoms with Crippen LogP contribution in [-0.2, 0) is 30.9 Å². The highest BCUT2D eigenvalue weighted by Crippen LogP contribution is 2.13. The summed E-state index contributed by atoms with van der Waals surface area (Å²) in [4.78, 5) is 14.0. The molecule has 0 aliphatic carbocycles. The van der Waals surface area contributed by atoms with Crippen molar-refractivity contribution in [2.75, 3.05) is 53.4 Å². The molecule has 1 unspecified atom stereocenters. The first-order valence-electron chi connectivity index (χ1n) is 11.6. The number of aromatic nitrogens is 3. The molecule has 9 heteroatoms. The summed E-state index contributed by atoms with van der Waals surface area (Å²) in [5.41, 5.74) is 1.40. The average molecular weight is 441 g/mol. The summed E-state index contributed by atoms with van der Waals surface area (Å²) < 4.78 is 7.15. The zero-order valence-corrected chi connectivity index (χ0v) is 19.3. The number of methoxy groups -OCH3 is 1. The monoisotopic (exact) mass is 440 g/mol. The van der Waals surface area contributed by atoms with Crippen LogP contribution in [0.2, 0.25) is 0 Å². The number of aryl methyl sites for hydroxylation is 1. The third kappa shape index (κ3) is 6.27. The van der Waals surface area contributed by atoms with Crippen molar-refractivity contribution in [3.05, 3.63) is 47.5 Å². The van der Waals surface area contributed by atoms with Crippen molar-refractivity contribution in [3.8, 4) is 0 Å². The van der Waals surface area contributed by atoms with E-state index in [4.69, 9.17) is 4.74 Å². The molecule has 0 radical (unpaired) electrons. The van der Waals surface area contributed by atoms with E-state index in [-0.39, 0.29) is 0 Å². The Labute approximate surface area is 190 Å². The van der Waals surface area contributed by atoms with Gasteiger partial charge in [0.2, 0.25) is 0 Å². The molecule has 0 amide bonds. The fourth-order valence-electron chi connectivity index (χ4n) is 4.40. The summed E-state index contributed by atoms with van der Waals surface area (Å²) in [7, 11) is 3.50. The Morgan fingerprint density at radius 2 is 1.94 bits per heavy atom. The summed E-state index contributed by atoms with van der Waals surface area (Å²) in [6.45, 7) is 8.69. The van der Waals surface area contributed by atoms with Crippen LogP contribution in [0.15, 0.2) is 35.3 Å². The summed E-state index contributed by atoms with van der Waals surface area (Å²) in [6, 6.07) is 11.0. The molecule has 4 rings (SSSR count). The number of piperazine rings is 1. The molecule has 32 heavy (non-hydrogen) atoms. The predicted molar refractivity (Wildman–Crippen MR) is 126 cm³/mol. The third-order valence-electron chi connectivity index (χ3n) is 6.17. The van der Waals surface area contributed by atoms with E-state index in [9.17, 15) is 0 Å². The first-order chi connectivity index (χ1) is 15.7. The first kappa shape index (κ1) is 22.7. The van der Waals surface area contributed by atoms with Crippen molar-refractivity contribution in [1.29, 1.82) is 0 Å². The topological polar surface area (TPSA) is 82.8 Å². The number of hydrogen-bond acceptors (Lipinski definition) is 6. The van der Waals surface area contributed by atoms with Crippen LogP contribution < -0.4 is 10.6 Å². The maximum Gasteiger partial charge on any atom is 0.191 e. The molecule has 174 valence electrons. The molecule has 0 bridgehead atoms. The number of ether oxygens (including phenoxy) is 1. The lowest BCUT2D eigenvalue weighted by Gasteiger charge is -2.35. The lowest BCUT2D eigenvalue weighted by atomic mass is 10.1. The second-order valence-electron chi connectivity index (χ2n) is 8.54. The number of nitrogens with one attached hydrogen (secondary N) is 2. The molecule has 9 nitrogen and oxygen atoms in total. The van der Waals surface area contributed by atoms with Gasteiger partial charge in [-0.05, 0) is 12.0 Å². The van der Waals surface area contributed by atoms with E-state index in [0.717, 1.165) is 82.8 Å². The van der Waals surface area contributed by atoms with Gasteiger partial charge in [0, 0.05) is 72.4 Å². The van der Waals surface area contributed by atoms with Crippen LogP contribution in [0.25, 0.3) is 0 Å². The number of rotatable bonds is 8.